The van der Waals surface area contributed by atoms with Crippen LogP contribution in [0, 0.1) is 11.6 Å². The van der Waals surface area contributed by atoms with Crippen LogP contribution in [0.2, 0.25) is 0 Å². The van der Waals surface area contributed by atoms with Gasteiger partial charge in [-0.25, -0.2) is 13.8 Å². The topological polar surface area (TPSA) is 64.0 Å². The second-order valence-electron chi connectivity index (χ2n) is 7.12. The van der Waals surface area contributed by atoms with Crippen molar-refractivity contribution in [3.8, 4) is 0 Å². The van der Waals surface area contributed by atoms with Crippen LogP contribution in [-0.4, -0.2) is 21.2 Å². The van der Waals surface area contributed by atoms with Crippen LogP contribution in [0.1, 0.15) is 11.1 Å². The molecule has 1 heterocycles. The van der Waals surface area contributed by atoms with E-state index < -0.39 is 0 Å². The Morgan fingerprint density at radius 1 is 0.906 bits per heavy atom. The van der Waals surface area contributed by atoms with E-state index in [-0.39, 0.29) is 41.9 Å². The Bertz CT molecular complexity index is 1310. The number of rotatable bonds is 7. The van der Waals surface area contributed by atoms with E-state index in [1.165, 1.54) is 28.8 Å². The van der Waals surface area contributed by atoms with E-state index in [2.05, 4.69) is 10.3 Å². The quantitative estimate of drug-likeness (QED) is 0.339. The number of aromatic nitrogens is 2. The van der Waals surface area contributed by atoms with Gasteiger partial charge in [-0.05, 0) is 47.5 Å². The standard InChI is InChI=1S/C24H19F2N3O2S/c25-18-9-5-16(6-10-18)13-27-22(30)15-32-24-28-21-4-2-1-3-20(21)23(31)29(24)14-17-7-11-19(26)12-8-17/h1-12H,13-15H2,(H,27,30). The number of benzene rings is 3. The normalized spacial score (nSPS) is 10.9. The Kier molecular flexibility index (Phi) is 6.61. The van der Waals surface area contributed by atoms with Crippen molar-refractivity contribution in [2.45, 2.75) is 18.2 Å². The molecule has 3 aromatic carbocycles. The minimum absolute atomic E-state index is 0.0510. The molecule has 32 heavy (non-hydrogen) atoms. The molecule has 0 fully saturated rings. The summed E-state index contributed by atoms with van der Waals surface area (Å²) in [5.74, 6) is -0.882. The van der Waals surface area contributed by atoms with Gasteiger partial charge in [-0.2, -0.15) is 0 Å². The highest BCUT2D eigenvalue weighted by Gasteiger charge is 2.14. The second kappa shape index (κ2) is 9.74. The molecule has 1 aromatic heterocycles. The van der Waals surface area contributed by atoms with Crippen LogP contribution in [0.15, 0.2) is 82.7 Å². The summed E-state index contributed by atoms with van der Waals surface area (Å²) >= 11 is 1.15. The van der Waals surface area contributed by atoms with Crippen molar-refractivity contribution < 1.29 is 13.6 Å². The van der Waals surface area contributed by atoms with E-state index in [1.807, 2.05) is 0 Å². The Balaban J connectivity index is 1.53. The minimum atomic E-state index is -0.356. The number of carbonyl (C=O) groups excluding carboxylic acids is 1. The molecule has 1 N–H and O–H groups in total. The first-order valence-corrected chi connectivity index (χ1v) is 10.9. The molecule has 0 atom stereocenters. The molecule has 1 amide bonds. The zero-order valence-electron chi connectivity index (χ0n) is 16.9. The third kappa shape index (κ3) is 5.20. The fourth-order valence-corrected chi connectivity index (χ4v) is 3.98. The number of halogens is 2. The van der Waals surface area contributed by atoms with E-state index in [1.54, 1.807) is 48.5 Å². The number of nitrogens with one attached hydrogen (secondary N) is 1. The van der Waals surface area contributed by atoms with Gasteiger partial charge in [-0.15, -0.1) is 0 Å². The van der Waals surface area contributed by atoms with Gasteiger partial charge in [0.05, 0.1) is 23.2 Å². The molecule has 162 valence electrons. The summed E-state index contributed by atoms with van der Waals surface area (Å²) in [5, 5.41) is 3.65. The van der Waals surface area contributed by atoms with Crippen molar-refractivity contribution in [1.82, 2.24) is 14.9 Å². The molecular weight excluding hydrogens is 432 g/mol. The Morgan fingerprint density at radius 2 is 1.53 bits per heavy atom. The molecule has 0 saturated heterocycles. The van der Waals surface area contributed by atoms with Gasteiger partial charge in [-0.1, -0.05) is 48.2 Å². The fraction of sp³-hybridized carbons (Fsp3) is 0.125. The zero-order valence-corrected chi connectivity index (χ0v) is 17.7. The van der Waals surface area contributed by atoms with Gasteiger partial charge < -0.3 is 5.32 Å². The van der Waals surface area contributed by atoms with E-state index in [0.717, 1.165) is 22.9 Å². The van der Waals surface area contributed by atoms with Crippen molar-refractivity contribution in [2.24, 2.45) is 0 Å². The lowest BCUT2D eigenvalue weighted by molar-refractivity contribution is -0.118. The van der Waals surface area contributed by atoms with Gasteiger partial charge in [0.25, 0.3) is 5.56 Å². The maximum atomic E-state index is 13.3. The van der Waals surface area contributed by atoms with Crippen molar-refractivity contribution in [3.63, 3.8) is 0 Å². The molecule has 0 aliphatic carbocycles. The predicted octanol–water partition coefficient (Wildman–Crippen LogP) is 4.13. The van der Waals surface area contributed by atoms with Crippen LogP contribution in [0.3, 0.4) is 0 Å². The number of amides is 1. The third-order valence-corrected chi connectivity index (χ3v) is 5.79. The van der Waals surface area contributed by atoms with Gasteiger partial charge in [0.1, 0.15) is 11.6 Å². The van der Waals surface area contributed by atoms with Crippen LogP contribution in [0.25, 0.3) is 10.9 Å². The Hall–Kier alpha value is -3.52. The molecule has 4 aromatic rings. The van der Waals surface area contributed by atoms with Crippen LogP contribution in [0.5, 0.6) is 0 Å². The summed E-state index contributed by atoms with van der Waals surface area (Å²) in [4.78, 5) is 30.0. The number of nitrogens with zero attached hydrogens (tertiary/aromatic N) is 2. The molecule has 0 bridgehead atoms. The summed E-state index contributed by atoms with van der Waals surface area (Å²) < 4.78 is 27.8. The Morgan fingerprint density at radius 3 is 2.22 bits per heavy atom. The second-order valence-corrected chi connectivity index (χ2v) is 8.06. The monoisotopic (exact) mass is 451 g/mol. The number of hydrogen-bond acceptors (Lipinski definition) is 4. The van der Waals surface area contributed by atoms with E-state index in [4.69, 9.17) is 0 Å². The molecule has 4 rings (SSSR count). The zero-order chi connectivity index (χ0) is 22.5. The van der Waals surface area contributed by atoms with Gasteiger partial charge in [0.2, 0.25) is 5.91 Å². The predicted molar refractivity (Wildman–Crippen MR) is 120 cm³/mol. The number of hydrogen-bond donors (Lipinski definition) is 1. The number of carbonyl (C=O) groups is 1. The van der Waals surface area contributed by atoms with Crippen molar-refractivity contribution >= 4 is 28.6 Å². The lowest BCUT2D eigenvalue weighted by Crippen LogP contribution is -2.27. The van der Waals surface area contributed by atoms with Gasteiger partial charge >= 0.3 is 0 Å². The van der Waals surface area contributed by atoms with Crippen molar-refractivity contribution in [3.05, 3.63) is 106 Å². The van der Waals surface area contributed by atoms with Crippen LogP contribution in [0.4, 0.5) is 8.78 Å². The minimum Gasteiger partial charge on any atom is -0.351 e. The molecule has 8 heteroatoms. The van der Waals surface area contributed by atoms with Gasteiger partial charge in [0, 0.05) is 6.54 Å². The molecule has 0 saturated carbocycles. The van der Waals surface area contributed by atoms with Crippen LogP contribution >= 0.6 is 11.8 Å². The lowest BCUT2D eigenvalue weighted by Gasteiger charge is -2.13. The first kappa shape index (κ1) is 21.7. The maximum Gasteiger partial charge on any atom is 0.262 e. The molecule has 0 radical (unpaired) electrons. The average Bonchev–Trinajstić information content (AvgIpc) is 2.80. The highest BCUT2D eigenvalue weighted by atomic mass is 32.2. The van der Waals surface area contributed by atoms with Gasteiger partial charge in [0.15, 0.2) is 5.16 Å². The van der Waals surface area contributed by atoms with Crippen LogP contribution in [-0.2, 0) is 17.9 Å². The average molecular weight is 451 g/mol. The van der Waals surface area contributed by atoms with E-state index >= 15 is 0 Å². The van der Waals surface area contributed by atoms with Crippen molar-refractivity contribution in [2.75, 3.05) is 5.75 Å². The molecule has 0 spiro atoms. The molecule has 5 nitrogen and oxygen atoms in total. The molecule has 0 aliphatic heterocycles. The van der Waals surface area contributed by atoms with Crippen LogP contribution < -0.4 is 10.9 Å². The Labute approximate surface area is 187 Å². The van der Waals surface area contributed by atoms with Crippen molar-refractivity contribution in [1.29, 1.82) is 0 Å². The smallest absolute Gasteiger partial charge is 0.262 e. The summed E-state index contributed by atoms with van der Waals surface area (Å²) in [7, 11) is 0. The summed E-state index contributed by atoms with van der Waals surface area (Å²) in [6.07, 6.45) is 0. The summed E-state index contributed by atoms with van der Waals surface area (Å²) in [6.45, 7) is 0.476. The molecular formula is C24H19F2N3O2S. The van der Waals surface area contributed by atoms with Gasteiger partial charge in [-0.3, -0.25) is 14.2 Å². The fourth-order valence-electron chi connectivity index (χ4n) is 3.15. The largest absolute Gasteiger partial charge is 0.351 e. The third-order valence-electron chi connectivity index (χ3n) is 4.82. The van der Waals surface area contributed by atoms with E-state index in [0.29, 0.717) is 16.1 Å². The SMILES string of the molecule is O=C(CSc1nc2ccccc2c(=O)n1Cc1ccc(F)cc1)NCc1ccc(F)cc1. The highest BCUT2D eigenvalue weighted by molar-refractivity contribution is 7.99. The highest BCUT2D eigenvalue weighted by Crippen LogP contribution is 2.19. The number of fused-ring (bicyclic) bond motifs is 1. The summed E-state index contributed by atoms with van der Waals surface area (Å²) in [5.41, 5.74) is 1.84. The maximum absolute atomic E-state index is 13.3. The number of para-hydroxylation sites is 1. The first-order chi connectivity index (χ1) is 15.5. The molecule has 0 aliphatic rings. The summed E-state index contributed by atoms with van der Waals surface area (Å²) in [6, 6.07) is 18.8. The molecule has 0 unspecified atom stereocenters. The number of thioether (sulfide) groups is 1. The first-order valence-electron chi connectivity index (χ1n) is 9.87. The lowest BCUT2D eigenvalue weighted by atomic mass is 10.2. The van der Waals surface area contributed by atoms with E-state index in [9.17, 15) is 18.4 Å².